The fourth-order valence-electron chi connectivity index (χ4n) is 3.68. The number of hydrogen-bond donors (Lipinski definition) is 0. The average Bonchev–Trinajstić information content (AvgIpc) is 3.45. The lowest BCUT2D eigenvalue weighted by Crippen LogP contribution is -2.31. The smallest absolute Gasteiger partial charge is 0.292 e. The van der Waals surface area contributed by atoms with Crippen LogP contribution >= 0.6 is 0 Å². The molecular formula is C20H25N5O3. The molecule has 1 saturated heterocycles. The molecule has 1 unspecified atom stereocenters. The van der Waals surface area contributed by atoms with E-state index < -0.39 is 0 Å². The van der Waals surface area contributed by atoms with Crippen LogP contribution in [0, 0.1) is 0 Å². The summed E-state index contributed by atoms with van der Waals surface area (Å²) in [6.07, 6.45) is 8.03. The molecule has 8 heteroatoms. The van der Waals surface area contributed by atoms with Crippen molar-refractivity contribution >= 4 is 5.91 Å². The summed E-state index contributed by atoms with van der Waals surface area (Å²) in [7, 11) is 0. The Morgan fingerprint density at radius 2 is 2.21 bits per heavy atom. The van der Waals surface area contributed by atoms with E-state index in [-0.39, 0.29) is 11.8 Å². The van der Waals surface area contributed by atoms with Gasteiger partial charge in [0.2, 0.25) is 11.6 Å². The minimum absolute atomic E-state index is 0.0955. The van der Waals surface area contributed by atoms with E-state index in [0.29, 0.717) is 30.4 Å². The van der Waals surface area contributed by atoms with Gasteiger partial charge in [-0.2, -0.15) is 0 Å². The van der Waals surface area contributed by atoms with Gasteiger partial charge in [-0.3, -0.25) is 4.79 Å². The van der Waals surface area contributed by atoms with Crippen LogP contribution in [0.15, 0.2) is 39.6 Å². The number of aryl methyl sites for hydroxylation is 1. The number of carbonyl (C=O) groups excluding carboxylic acids is 1. The van der Waals surface area contributed by atoms with Crippen LogP contribution in [0.1, 0.15) is 61.3 Å². The molecule has 1 atom stereocenters. The summed E-state index contributed by atoms with van der Waals surface area (Å²) < 4.78 is 12.5. The van der Waals surface area contributed by atoms with Crippen molar-refractivity contribution in [1.29, 1.82) is 0 Å². The second-order valence-corrected chi connectivity index (χ2v) is 7.14. The molecule has 1 fully saturated rings. The second kappa shape index (κ2) is 8.41. The zero-order valence-corrected chi connectivity index (χ0v) is 16.1. The van der Waals surface area contributed by atoms with E-state index in [1.165, 1.54) is 6.20 Å². The van der Waals surface area contributed by atoms with Crippen molar-refractivity contribution in [2.45, 2.75) is 51.5 Å². The molecule has 0 spiro atoms. The van der Waals surface area contributed by atoms with Crippen LogP contribution in [-0.2, 0) is 6.54 Å². The van der Waals surface area contributed by atoms with Gasteiger partial charge in [-0.05, 0) is 37.8 Å². The molecule has 4 heterocycles. The van der Waals surface area contributed by atoms with E-state index >= 15 is 0 Å². The quantitative estimate of drug-likeness (QED) is 0.644. The SMILES string of the molecule is CCCCn1nc(-c2ccco2)nc1C1CCCN(C(=O)c2ccno2)CC1. The Hall–Kier alpha value is -2.90. The van der Waals surface area contributed by atoms with Gasteiger partial charge in [-0.1, -0.05) is 18.5 Å². The maximum atomic E-state index is 12.6. The minimum Gasteiger partial charge on any atom is -0.461 e. The monoisotopic (exact) mass is 383 g/mol. The highest BCUT2D eigenvalue weighted by Gasteiger charge is 2.27. The normalized spacial score (nSPS) is 17.6. The highest BCUT2D eigenvalue weighted by molar-refractivity contribution is 5.91. The predicted molar refractivity (Wildman–Crippen MR) is 102 cm³/mol. The van der Waals surface area contributed by atoms with Crippen molar-refractivity contribution in [2.75, 3.05) is 13.1 Å². The van der Waals surface area contributed by atoms with Gasteiger partial charge in [0.1, 0.15) is 5.82 Å². The molecule has 4 rings (SSSR count). The summed E-state index contributed by atoms with van der Waals surface area (Å²) in [5.74, 6) is 2.78. The van der Waals surface area contributed by atoms with Gasteiger partial charge < -0.3 is 13.8 Å². The Kier molecular flexibility index (Phi) is 5.55. The predicted octanol–water partition coefficient (Wildman–Crippen LogP) is 3.74. The Bertz CT molecular complexity index is 885. The van der Waals surface area contributed by atoms with E-state index in [1.807, 2.05) is 21.7 Å². The summed E-state index contributed by atoms with van der Waals surface area (Å²) in [4.78, 5) is 19.2. The van der Waals surface area contributed by atoms with Crippen molar-refractivity contribution in [3.8, 4) is 11.6 Å². The van der Waals surface area contributed by atoms with Crippen LogP contribution in [0.3, 0.4) is 0 Å². The molecule has 0 radical (unpaired) electrons. The lowest BCUT2D eigenvalue weighted by atomic mass is 10.00. The number of amides is 1. The number of rotatable bonds is 6. The number of aromatic nitrogens is 4. The number of hydrogen-bond acceptors (Lipinski definition) is 6. The van der Waals surface area contributed by atoms with Crippen molar-refractivity contribution in [1.82, 2.24) is 24.8 Å². The zero-order valence-electron chi connectivity index (χ0n) is 16.1. The van der Waals surface area contributed by atoms with E-state index in [1.54, 1.807) is 12.3 Å². The molecule has 1 amide bonds. The molecule has 1 aliphatic heterocycles. The van der Waals surface area contributed by atoms with Gasteiger partial charge in [0.15, 0.2) is 5.76 Å². The lowest BCUT2D eigenvalue weighted by Gasteiger charge is -2.19. The van der Waals surface area contributed by atoms with Gasteiger partial charge in [0, 0.05) is 31.6 Å². The van der Waals surface area contributed by atoms with Gasteiger partial charge >= 0.3 is 0 Å². The molecule has 148 valence electrons. The number of carbonyl (C=O) groups is 1. The van der Waals surface area contributed by atoms with Crippen molar-refractivity contribution in [3.63, 3.8) is 0 Å². The van der Waals surface area contributed by atoms with E-state index in [0.717, 1.165) is 44.5 Å². The van der Waals surface area contributed by atoms with Gasteiger partial charge in [-0.25, -0.2) is 9.67 Å². The molecule has 3 aromatic rings. The topological polar surface area (TPSA) is 90.2 Å². The molecule has 1 aliphatic rings. The Balaban J connectivity index is 1.52. The molecule has 28 heavy (non-hydrogen) atoms. The molecule has 0 aromatic carbocycles. The zero-order chi connectivity index (χ0) is 19.3. The summed E-state index contributed by atoms with van der Waals surface area (Å²) in [5, 5.41) is 8.34. The molecule has 8 nitrogen and oxygen atoms in total. The van der Waals surface area contributed by atoms with Crippen LogP contribution in [0.2, 0.25) is 0 Å². The highest BCUT2D eigenvalue weighted by atomic mass is 16.5. The first-order valence-electron chi connectivity index (χ1n) is 9.95. The average molecular weight is 383 g/mol. The van der Waals surface area contributed by atoms with E-state index in [9.17, 15) is 4.79 Å². The third kappa shape index (κ3) is 3.85. The molecular weight excluding hydrogens is 358 g/mol. The standard InChI is InChI=1S/C20H25N5O3/c1-2-3-12-25-19(22-18(23-25)16-7-5-14-27-16)15-6-4-11-24(13-9-15)20(26)17-8-10-21-28-17/h5,7-8,10,14-15H,2-4,6,9,11-13H2,1H3. The molecule has 0 aliphatic carbocycles. The van der Waals surface area contributed by atoms with Crippen LogP contribution < -0.4 is 0 Å². The summed E-state index contributed by atoms with van der Waals surface area (Å²) in [6.45, 7) is 4.39. The molecule has 0 N–H and O–H groups in total. The largest absolute Gasteiger partial charge is 0.461 e. The molecule has 0 saturated carbocycles. The maximum absolute atomic E-state index is 12.6. The number of unbranched alkanes of at least 4 members (excludes halogenated alkanes) is 1. The van der Waals surface area contributed by atoms with E-state index in [4.69, 9.17) is 19.0 Å². The number of furan rings is 1. The fraction of sp³-hybridized carbons (Fsp3) is 0.500. The number of likely N-dealkylation sites (tertiary alicyclic amines) is 1. The van der Waals surface area contributed by atoms with Gasteiger partial charge in [0.25, 0.3) is 5.91 Å². The highest BCUT2D eigenvalue weighted by Crippen LogP contribution is 2.29. The van der Waals surface area contributed by atoms with Crippen molar-refractivity contribution < 1.29 is 13.7 Å². The van der Waals surface area contributed by atoms with Gasteiger partial charge in [-0.15, -0.1) is 5.10 Å². The molecule has 0 bridgehead atoms. The summed E-state index contributed by atoms with van der Waals surface area (Å²) >= 11 is 0. The van der Waals surface area contributed by atoms with E-state index in [2.05, 4.69) is 12.1 Å². The van der Waals surface area contributed by atoms with Gasteiger partial charge in [0.05, 0.1) is 12.5 Å². The lowest BCUT2D eigenvalue weighted by molar-refractivity contribution is 0.0719. The fourth-order valence-corrected chi connectivity index (χ4v) is 3.68. The summed E-state index contributed by atoms with van der Waals surface area (Å²) in [5.41, 5.74) is 0. The van der Waals surface area contributed by atoms with Crippen molar-refractivity contribution in [2.24, 2.45) is 0 Å². The minimum atomic E-state index is -0.0955. The van der Waals surface area contributed by atoms with Crippen LogP contribution in [0.4, 0.5) is 0 Å². The first kappa shape index (κ1) is 18.5. The molecule has 3 aromatic heterocycles. The van der Waals surface area contributed by atoms with Crippen LogP contribution in [-0.4, -0.2) is 43.8 Å². The Morgan fingerprint density at radius 1 is 1.29 bits per heavy atom. The van der Waals surface area contributed by atoms with Crippen molar-refractivity contribution in [3.05, 3.63) is 42.2 Å². The third-order valence-electron chi connectivity index (χ3n) is 5.19. The third-order valence-corrected chi connectivity index (χ3v) is 5.19. The second-order valence-electron chi connectivity index (χ2n) is 7.14. The first-order valence-corrected chi connectivity index (χ1v) is 9.95. The Morgan fingerprint density at radius 3 is 2.96 bits per heavy atom. The number of nitrogens with zero attached hydrogens (tertiary/aromatic N) is 5. The maximum Gasteiger partial charge on any atom is 0.292 e. The Labute approximate surface area is 163 Å². The van der Waals surface area contributed by atoms with Crippen LogP contribution in [0.25, 0.3) is 11.6 Å². The summed E-state index contributed by atoms with van der Waals surface area (Å²) in [6, 6.07) is 5.34. The first-order chi connectivity index (χ1) is 13.8. The van der Waals surface area contributed by atoms with Crippen LogP contribution in [0.5, 0.6) is 0 Å².